The van der Waals surface area contributed by atoms with Gasteiger partial charge in [0.1, 0.15) is 11.1 Å². The highest BCUT2D eigenvalue weighted by Crippen LogP contribution is 2.39. The van der Waals surface area contributed by atoms with Gasteiger partial charge in [-0.15, -0.1) is 0 Å². The van der Waals surface area contributed by atoms with Gasteiger partial charge in [-0.2, -0.15) is 0 Å². The van der Waals surface area contributed by atoms with Crippen LogP contribution in [0.3, 0.4) is 0 Å². The lowest BCUT2D eigenvalue weighted by Crippen LogP contribution is -2.35. The van der Waals surface area contributed by atoms with Crippen molar-refractivity contribution in [2.24, 2.45) is 4.99 Å². The zero-order valence-electron chi connectivity index (χ0n) is 15.4. The fourth-order valence-corrected chi connectivity index (χ4v) is 4.30. The molecule has 1 heterocycles. The molecule has 2 aromatic carbocycles. The number of nitrogens with zero attached hydrogens (tertiary/aromatic N) is 2. The van der Waals surface area contributed by atoms with Crippen LogP contribution in [0.15, 0.2) is 53.5 Å². The average molecular weight is 397 g/mol. The number of hydrogen-bond acceptors (Lipinski definition) is 4. The van der Waals surface area contributed by atoms with Gasteiger partial charge in [-0.1, -0.05) is 23.9 Å². The monoisotopic (exact) mass is 397 g/mol. The number of nitrogens with one attached hydrogen (secondary N) is 1. The second-order valence-electron chi connectivity index (χ2n) is 7.04. The van der Waals surface area contributed by atoms with Crippen molar-refractivity contribution in [3.63, 3.8) is 0 Å². The minimum absolute atomic E-state index is 0.0525. The molecule has 28 heavy (non-hydrogen) atoms. The van der Waals surface area contributed by atoms with Gasteiger partial charge in [0.15, 0.2) is 5.17 Å². The molecule has 1 unspecified atom stereocenters. The number of hydrogen-bond donors (Lipinski definition) is 1. The number of carbonyl (C=O) groups is 2. The molecular weight excluding hydrogens is 377 g/mol. The molecule has 1 aliphatic heterocycles. The van der Waals surface area contributed by atoms with Gasteiger partial charge in [0.2, 0.25) is 11.8 Å². The molecule has 0 bridgehead atoms. The Morgan fingerprint density at radius 3 is 2.68 bits per heavy atom. The van der Waals surface area contributed by atoms with Crippen molar-refractivity contribution in [2.45, 2.75) is 37.5 Å². The third-order valence-corrected chi connectivity index (χ3v) is 5.76. The Morgan fingerprint density at radius 1 is 1.25 bits per heavy atom. The number of thioether (sulfide) groups is 1. The summed E-state index contributed by atoms with van der Waals surface area (Å²) in [5, 5.41) is 2.89. The Kier molecular flexibility index (Phi) is 5.17. The molecule has 1 saturated heterocycles. The first kappa shape index (κ1) is 18.7. The fourth-order valence-electron chi connectivity index (χ4n) is 3.08. The molecule has 7 heteroatoms. The smallest absolute Gasteiger partial charge is 0.242 e. The number of amidine groups is 1. The summed E-state index contributed by atoms with van der Waals surface area (Å²) >= 11 is 1.34. The van der Waals surface area contributed by atoms with Crippen molar-refractivity contribution in [3.05, 3.63) is 59.9 Å². The van der Waals surface area contributed by atoms with Crippen molar-refractivity contribution >= 4 is 40.1 Å². The lowest BCUT2D eigenvalue weighted by molar-refractivity contribution is -0.128. The molecule has 1 aliphatic carbocycles. The third-order valence-electron chi connectivity index (χ3n) is 4.60. The molecule has 2 aliphatic rings. The topological polar surface area (TPSA) is 61.8 Å². The summed E-state index contributed by atoms with van der Waals surface area (Å²) in [6.45, 7) is 2.00. The molecule has 0 spiro atoms. The van der Waals surface area contributed by atoms with Crippen molar-refractivity contribution in [3.8, 4) is 0 Å². The Bertz CT molecular complexity index is 941. The van der Waals surface area contributed by atoms with Gasteiger partial charge in [0.25, 0.3) is 0 Å². The molecule has 1 atom stereocenters. The van der Waals surface area contributed by atoms with Crippen LogP contribution in [0.5, 0.6) is 0 Å². The number of anilines is 1. The molecule has 1 saturated carbocycles. The summed E-state index contributed by atoms with van der Waals surface area (Å²) in [5.74, 6) is -0.699. The second-order valence-corrected chi connectivity index (χ2v) is 8.21. The minimum atomic E-state index is -0.496. The van der Waals surface area contributed by atoms with Crippen LogP contribution in [0.2, 0.25) is 0 Å². The Hall–Kier alpha value is -2.67. The lowest BCUT2D eigenvalue weighted by atomic mass is 10.2. The predicted molar refractivity (Wildman–Crippen MR) is 109 cm³/mol. The van der Waals surface area contributed by atoms with Crippen molar-refractivity contribution in [1.29, 1.82) is 0 Å². The van der Waals surface area contributed by atoms with E-state index in [0.717, 1.165) is 24.1 Å². The van der Waals surface area contributed by atoms with Crippen LogP contribution in [0.1, 0.15) is 24.8 Å². The van der Waals surface area contributed by atoms with Crippen molar-refractivity contribution < 1.29 is 14.0 Å². The SMILES string of the molecule is Cc1cccc(N=C2SC(CC(=O)Nc3ccc(F)cc3)C(=O)N2C2CC2)c1. The average Bonchev–Trinajstić information content (AvgIpc) is 3.43. The largest absolute Gasteiger partial charge is 0.326 e. The van der Waals surface area contributed by atoms with Crippen LogP contribution in [0, 0.1) is 12.7 Å². The molecule has 4 rings (SSSR count). The molecule has 2 aromatic rings. The van der Waals surface area contributed by atoms with E-state index < -0.39 is 5.25 Å². The maximum Gasteiger partial charge on any atom is 0.242 e. The van der Waals surface area contributed by atoms with E-state index in [1.165, 1.54) is 36.0 Å². The normalized spacial score (nSPS) is 20.6. The molecule has 0 radical (unpaired) electrons. The zero-order valence-corrected chi connectivity index (χ0v) is 16.2. The van der Waals surface area contributed by atoms with E-state index in [1.54, 1.807) is 4.90 Å². The molecule has 2 amide bonds. The summed E-state index contributed by atoms with van der Waals surface area (Å²) in [5.41, 5.74) is 2.41. The van der Waals surface area contributed by atoms with E-state index in [0.29, 0.717) is 10.9 Å². The van der Waals surface area contributed by atoms with Crippen molar-refractivity contribution in [1.82, 2.24) is 4.90 Å². The number of aryl methyl sites for hydroxylation is 1. The first-order valence-electron chi connectivity index (χ1n) is 9.20. The lowest BCUT2D eigenvalue weighted by Gasteiger charge is -2.15. The van der Waals surface area contributed by atoms with Crippen LogP contribution in [0.4, 0.5) is 15.8 Å². The fraction of sp³-hybridized carbons (Fsp3) is 0.286. The van der Waals surface area contributed by atoms with Crippen LogP contribution >= 0.6 is 11.8 Å². The minimum Gasteiger partial charge on any atom is -0.326 e. The predicted octanol–water partition coefficient (Wildman–Crippen LogP) is 4.26. The summed E-state index contributed by atoms with van der Waals surface area (Å²) in [4.78, 5) is 31.7. The molecule has 144 valence electrons. The van der Waals surface area contributed by atoms with Gasteiger partial charge in [0, 0.05) is 18.2 Å². The number of benzene rings is 2. The Balaban J connectivity index is 1.48. The summed E-state index contributed by atoms with van der Waals surface area (Å²) < 4.78 is 13.0. The zero-order chi connectivity index (χ0) is 19.7. The van der Waals surface area contributed by atoms with E-state index in [2.05, 4.69) is 10.3 Å². The first-order chi connectivity index (χ1) is 13.5. The number of rotatable bonds is 5. The van der Waals surface area contributed by atoms with E-state index in [4.69, 9.17) is 0 Å². The summed E-state index contributed by atoms with van der Waals surface area (Å²) in [6, 6.07) is 13.6. The molecule has 2 fully saturated rings. The van der Waals surface area contributed by atoms with Gasteiger partial charge < -0.3 is 5.32 Å². The first-order valence-corrected chi connectivity index (χ1v) is 10.1. The quantitative estimate of drug-likeness (QED) is 0.820. The van der Waals surface area contributed by atoms with Gasteiger partial charge >= 0.3 is 0 Å². The summed E-state index contributed by atoms with van der Waals surface area (Å²) in [6.07, 6.45) is 1.98. The van der Waals surface area contributed by atoms with Gasteiger partial charge in [-0.25, -0.2) is 9.38 Å². The second kappa shape index (κ2) is 7.75. The van der Waals surface area contributed by atoms with Gasteiger partial charge in [-0.05, 0) is 61.7 Å². The highest BCUT2D eigenvalue weighted by atomic mass is 32.2. The maximum atomic E-state index is 13.0. The highest BCUT2D eigenvalue weighted by molar-refractivity contribution is 8.15. The van der Waals surface area contributed by atoms with E-state index in [9.17, 15) is 14.0 Å². The Morgan fingerprint density at radius 2 is 2.00 bits per heavy atom. The standard InChI is InChI=1S/C21H20FN3O2S/c1-13-3-2-4-16(11-13)24-21-25(17-9-10-17)20(27)18(28-21)12-19(26)23-15-7-5-14(22)6-8-15/h2-8,11,17-18H,9-10,12H2,1H3,(H,23,26). The molecule has 1 N–H and O–H groups in total. The van der Waals surface area contributed by atoms with Gasteiger partial charge in [-0.3, -0.25) is 14.5 Å². The number of amides is 2. The van der Waals surface area contributed by atoms with Gasteiger partial charge in [0.05, 0.1) is 5.69 Å². The summed E-state index contributed by atoms with van der Waals surface area (Å²) in [7, 11) is 0. The van der Waals surface area contributed by atoms with Crippen LogP contribution in [-0.4, -0.2) is 33.2 Å². The van der Waals surface area contributed by atoms with Crippen LogP contribution < -0.4 is 5.32 Å². The van der Waals surface area contributed by atoms with E-state index in [1.807, 2.05) is 31.2 Å². The molecule has 0 aromatic heterocycles. The molecule has 5 nitrogen and oxygen atoms in total. The Labute approximate surface area is 167 Å². The van der Waals surface area contributed by atoms with E-state index in [-0.39, 0.29) is 30.1 Å². The van der Waals surface area contributed by atoms with Crippen molar-refractivity contribution in [2.75, 3.05) is 5.32 Å². The third kappa shape index (κ3) is 4.25. The number of aliphatic imine (C=N–C) groups is 1. The number of carbonyl (C=O) groups excluding carboxylic acids is 2. The van der Waals surface area contributed by atoms with E-state index >= 15 is 0 Å². The molecular formula is C21H20FN3O2S. The number of halogens is 1. The van der Waals surface area contributed by atoms with Crippen LogP contribution in [0.25, 0.3) is 0 Å². The maximum absolute atomic E-state index is 13.0. The van der Waals surface area contributed by atoms with Crippen LogP contribution in [-0.2, 0) is 9.59 Å². The highest BCUT2D eigenvalue weighted by Gasteiger charge is 2.46.